The van der Waals surface area contributed by atoms with Gasteiger partial charge in [0.25, 0.3) is 0 Å². The lowest BCUT2D eigenvalue weighted by Crippen LogP contribution is -2.41. The molecule has 2 nitrogen and oxygen atoms in total. The molecule has 0 radical (unpaired) electrons. The maximum absolute atomic E-state index is 5.35. The largest absolute Gasteiger partial charge is 0.312 e. The van der Waals surface area contributed by atoms with Crippen molar-refractivity contribution < 1.29 is 0 Å². The molecule has 80 valence electrons. The maximum Gasteiger partial charge on any atom is 0.0601 e. The lowest BCUT2D eigenvalue weighted by molar-refractivity contribution is 0.229. The van der Waals surface area contributed by atoms with Crippen LogP contribution in [0.4, 0.5) is 0 Å². The van der Waals surface area contributed by atoms with Gasteiger partial charge in [-0.15, -0.1) is 6.42 Å². The van der Waals surface area contributed by atoms with Crippen LogP contribution in [0.25, 0.3) is 0 Å². The molecule has 0 aliphatic heterocycles. The second kappa shape index (κ2) is 6.06. The summed E-state index contributed by atoms with van der Waals surface area (Å²) in [6.45, 7) is 7.42. The minimum absolute atomic E-state index is 0.562. The molecule has 1 aliphatic rings. The maximum atomic E-state index is 5.35. The van der Waals surface area contributed by atoms with Crippen molar-refractivity contribution in [1.29, 1.82) is 0 Å². The van der Waals surface area contributed by atoms with E-state index >= 15 is 0 Å². The Hall–Kier alpha value is -0.520. The Labute approximate surface area is 88.1 Å². The number of nitrogens with zero attached hydrogens (tertiary/aromatic N) is 1. The smallest absolute Gasteiger partial charge is 0.0601 e. The SMILES string of the molecule is C#CCN(CCC)C(C)CNC1CC1. The van der Waals surface area contributed by atoms with Crippen LogP contribution in [0, 0.1) is 12.3 Å². The molecule has 0 spiro atoms. The van der Waals surface area contributed by atoms with Crippen LogP contribution < -0.4 is 5.32 Å². The lowest BCUT2D eigenvalue weighted by atomic mass is 10.2. The summed E-state index contributed by atoms with van der Waals surface area (Å²) in [6.07, 6.45) is 9.24. The van der Waals surface area contributed by atoms with Gasteiger partial charge in [0.1, 0.15) is 0 Å². The van der Waals surface area contributed by atoms with Crippen molar-refractivity contribution in [3.8, 4) is 12.3 Å². The monoisotopic (exact) mass is 194 g/mol. The summed E-state index contributed by atoms with van der Waals surface area (Å²) in [5.41, 5.74) is 0. The van der Waals surface area contributed by atoms with Crippen LogP contribution in [-0.4, -0.2) is 36.6 Å². The molecule has 0 saturated heterocycles. The molecule has 1 saturated carbocycles. The third-order valence-corrected chi connectivity index (χ3v) is 2.71. The van der Waals surface area contributed by atoms with Crippen LogP contribution in [0.5, 0.6) is 0 Å². The molecule has 0 amide bonds. The Balaban J connectivity index is 2.21. The van der Waals surface area contributed by atoms with E-state index in [2.05, 4.69) is 30.0 Å². The summed E-state index contributed by atoms with van der Waals surface area (Å²) < 4.78 is 0. The molecule has 1 aliphatic carbocycles. The van der Waals surface area contributed by atoms with E-state index in [1.807, 2.05) is 0 Å². The topological polar surface area (TPSA) is 15.3 Å². The quantitative estimate of drug-likeness (QED) is 0.617. The molecule has 14 heavy (non-hydrogen) atoms. The van der Waals surface area contributed by atoms with Crippen molar-refractivity contribution in [2.75, 3.05) is 19.6 Å². The fourth-order valence-electron chi connectivity index (χ4n) is 1.61. The van der Waals surface area contributed by atoms with Gasteiger partial charge in [-0.2, -0.15) is 0 Å². The average Bonchev–Trinajstić information content (AvgIpc) is 2.97. The number of nitrogens with one attached hydrogen (secondary N) is 1. The number of rotatable bonds is 7. The highest BCUT2D eigenvalue weighted by atomic mass is 15.2. The predicted molar refractivity (Wildman–Crippen MR) is 61.2 cm³/mol. The van der Waals surface area contributed by atoms with Crippen LogP contribution in [0.3, 0.4) is 0 Å². The molecule has 0 aromatic carbocycles. The summed E-state index contributed by atoms with van der Waals surface area (Å²) in [7, 11) is 0. The van der Waals surface area contributed by atoms with Gasteiger partial charge in [-0.3, -0.25) is 4.90 Å². The van der Waals surface area contributed by atoms with Crippen molar-refractivity contribution in [3.63, 3.8) is 0 Å². The highest BCUT2D eigenvalue weighted by molar-refractivity contribution is 4.90. The van der Waals surface area contributed by atoms with Crippen molar-refractivity contribution in [3.05, 3.63) is 0 Å². The Bertz CT molecular complexity index is 191. The van der Waals surface area contributed by atoms with Gasteiger partial charge in [0.2, 0.25) is 0 Å². The van der Waals surface area contributed by atoms with Gasteiger partial charge in [-0.05, 0) is 32.7 Å². The summed E-state index contributed by atoms with van der Waals surface area (Å²) >= 11 is 0. The van der Waals surface area contributed by atoms with Gasteiger partial charge >= 0.3 is 0 Å². The molecule has 0 aromatic rings. The zero-order chi connectivity index (χ0) is 10.4. The Morgan fingerprint density at radius 3 is 2.79 bits per heavy atom. The molecule has 2 heteroatoms. The fraction of sp³-hybridized carbons (Fsp3) is 0.833. The van der Waals surface area contributed by atoms with Crippen LogP contribution in [0.15, 0.2) is 0 Å². The van der Waals surface area contributed by atoms with Gasteiger partial charge in [-0.25, -0.2) is 0 Å². The van der Waals surface area contributed by atoms with Crippen molar-refractivity contribution >= 4 is 0 Å². The van der Waals surface area contributed by atoms with E-state index in [4.69, 9.17) is 6.42 Å². The summed E-state index contributed by atoms with van der Waals surface area (Å²) in [5.74, 6) is 2.73. The van der Waals surface area contributed by atoms with Gasteiger partial charge in [0, 0.05) is 18.6 Å². The summed E-state index contributed by atoms with van der Waals surface area (Å²) in [4.78, 5) is 2.37. The molecular weight excluding hydrogens is 172 g/mol. The summed E-state index contributed by atoms with van der Waals surface area (Å²) in [5, 5.41) is 3.54. The van der Waals surface area contributed by atoms with Crippen molar-refractivity contribution in [1.82, 2.24) is 10.2 Å². The second-order valence-electron chi connectivity index (χ2n) is 4.21. The first-order valence-electron chi connectivity index (χ1n) is 5.68. The second-order valence-corrected chi connectivity index (χ2v) is 4.21. The summed E-state index contributed by atoms with van der Waals surface area (Å²) in [6, 6.07) is 1.36. The van der Waals surface area contributed by atoms with Crippen LogP contribution in [-0.2, 0) is 0 Å². The van der Waals surface area contributed by atoms with Crippen molar-refractivity contribution in [2.45, 2.75) is 45.2 Å². The molecule has 1 fully saturated rings. The Morgan fingerprint density at radius 1 is 1.57 bits per heavy atom. The molecule has 1 unspecified atom stereocenters. The van der Waals surface area contributed by atoms with Gasteiger partial charge in [-0.1, -0.05) is 12.8 Å². The first kappa shape index (κ1) is 11.6. The molecule has 1 rings (SSSR count). The van der Waals surface area contributed by atoms with E-state index in [0.717, 1.165) is 25.7 Å². The molecule has 1 N–H and O–H groups in total. The standard InChI is InChI=1S/C12H22N2/c1-4-8-14(9-5-2)11(3)10-13-12-6-7-12/h1,11-13H,5-10H2,2-3H3. The Kier molecular flexibility index (Phi) is 5.00. The van der Waals surface area contributed by atoms with Gasteiger partial charge in [0.05, 0.1) is 6.54 Å². The Morgan fingerprint density at radius 2 is 2.29 bits per heavy atom. The van der Waals surface area contributed by atoms with E-state index in [1.54, 1.807) is 0 Å². The minimum atomic E-state index is 0.562. The zero-order valence-electron chi connectivity index (χ0n) is 9.42. The first-order chi connectivity index (χ1) is 6.77. The van der Waals surface area contributed by atoms with E-state index in [0.29, 0.717) is 6.04 Å². The lowest BCUT2D eigenvalue weighted by Gasteiger charge is -2.27. The third kappa shape index (κ3) is 4.13. The number of hydrogen-bond donors (Lipinski definition) is 1. The molecular formula is C12H22N2. The van der Waals surface area contributed by atoms with Crippen molar-refractivity contribution in [2.24, 2.45) is 0 Å². The average molecular weight is 194 g/mol. The zero-order valence-corrected chi connectivity index (χ0v) is 9.42. The van der Waals surface area contributed by atoms with E-state index in [1.165, 1.54) is 19.3 Å². The molecule has 0 aromatic heterocycles. The molecule has 1 atom stereocenters. The third-order valence-electron chi connectivity index (χ3n) is 2.71. The van der Waals surface area contributed by atoms with Gasteiger partial charge in [0.15, 0.2) is 0 Å². The highest BCUT2D eigenvalue weighted by Gasteiger charge is 2.22. The van der Waals surface area contributed by atoms with E-state index < -0.39 is 0 Å². The van der Waals surface area contributed by atoms with E-state index in [9.17, 15) is 0 Å². The highest BCUT2D eigenvalue weighted by Crippen LogP contribution is 2.18. The van der Waals surface area contributed by atoms with Gasteiger partial charge < -0.3 is 5.32 Å². The molecule has 0 heterocycles. The minimum Gasteiger partial charge on any atom is -0.312 e. The first-order valence-corrected chi connectivity index (χ1v) is 5.68. The number of hydrogen-bond acceptors (Lipinski definition) is 2. The van der Waals surface area contributed by atoms with E-state index in [-0.39, 0.29) is 0 Å². The number of terminal acetylenes is 1. The predicted octanol–water partition coefficient (Wildman–Crippen LogP) is 1.47. The molecule has 0 bridgehead atoms. The fourth-order valence-corrected chi connectivity index (χ4v) is 1.61. The van der Waals surface area contributed by atoms with Crippen LogP contribution in [0.1, 0.15) is 33.1 Å². The van der Waals surface area contributed by atoms with Crippen LogP contribution in [0.2, 0.25) is 0 Å². The van der Waals surface area contributed by atoms with Crippen LogP contribution >= 0.6 is 0 Å². The normalized spacial score (nSPS) is 18.1.